The second-order valence-corrected chi connectivity index (χ2v) is 7.89. The smallest absolute Gasteiger partial charge is 0.357 e. The molecule has 1 aromatic heterocycles. The van der Waals surface area contributed by atoms with Gasteiger partial charge in [0.25, 0.3) is 0 Å². The summed E-state index contributed by atoms with van der Waals surface area (Å²) in [6.07, 6.45) is -2.40. The number of carbonyl (C=O) groups is 1. The molecule has 2 heterocycles. The van der Waals surface area contributed by atoms with E-state index in [4.69, 9.17) is 12.2 Å². The van der Waals surface area contributed by atoms with Gasteiger partial charge in [-0.25, -0.2) is 4.98 Å². The summed E-state index contributed by atoms with van der Waals surface area (Å²) in [5.41, 5.74) is 4.30. The van der Waals surface area contributed by atoms with Crippen molar-refractivity contribution in [2.24, 2.45) is 5.92 Å². The quantitative estimate of drug-likeness (QED) is 0.521. The number of aromatic nitrogens is 1. The molecule has 2 rings (SSSR count). The second-order valence-electron chi connectivity index (χ2n) is 7.48. The van der Waals surface area contributed by atoms with Gasteiger partial charge in [-0.05, 0) is 58.0 Å². The van der Waals surface area contributed by atoms with Crippen LogP contribution in [0.2, 0.25) is 0 Å². The van der Waals surface area contributed by atoms with Crippen molar-refractivity contribution in [3.05, 3.63) is 23.9 Å². The Hall–Kier alpha value is -2.10. The Bertz CT molecular complexity index is 665. The monoisotopic (exact) mass is 403 g/mol. The van der Waals surface area contributed by atoms with Gasteiger partial charge in [-0.3, -0.25) is 15.6 Å². The fourth-order valence-corrected chi connectivity index (χ4v) is 3.06. The van der Waals surface area contributed by atoms with Crippen LogP contribution in [0.5, 0.6) is 0 Å². The van der Waals surface area contributed by atoms with Crippen molar-refractivity contribution in [3.63, 3.8) is 0 Å². The minimum Gasteiger partial charge on any atom is -0.357 e. The van der Waals surface area contributed by atoms with E-state index in [9.17, 15) is 18.0 Å². The van der Waals surface area contributed by atoms with E-state index >= 15 is 0 Å². The van der Waals surface area contributed by atoms with Crippen molar-refractivity contribution >= 4 is 29.1 Å². The summed E-state index contributed by atoms with van der Waals surface area (Å²) >= 11 is 5.11. The molecule has 150 valence electrons. The van der Waals surface area contributed by atoms with Crippen LogP contribution in [0.15, 0.2) is 18.3 Å². The summed E-state index contributed by atoms with van der Waals surface area (Å²) in [6.45, 7) is 6.94. The second kappa shape index (κ2) is 8.28. The zero-order valence-electron chi connectivity index (χ0n) is 15.5. The normalized spacial score (nSPS) is 16.0. The molecule has 1 aliphatic rings. The first-order chi connectivity index (χ1) is 12.5. The first-order valence-electron chi connectivity index (χ1n) is 8.62. The van der Waals surface area contributed by atoms with Gasteiger partial charge in [0.15, 0.2) is 5.11 Å². The molecule has 0 spiro atoms. The molecule has 1 aromatic rings. The van der Waals surface area contributed by atoms with Crippen LogP contribution in [-0.4, -0.2) is 34.6 Å². The number of nitrogens with zero attached hydrogens (tertiary/aromatic N) is 2. The number of halogens is 3. The number of piperidine rings is 1. The average molecular weight is 403 g/mol. The molecule has 1 fully saturated rings. The molecule has 6 nitrogen and oxygen atoms in total. The fraction of sp³-hybridized carbons (Fsp3) is 0.588. The van der Waals surface area contributed by atoms with Crippen LogP contribution in [0.4, 0.5) is 19.0 Å². The maximum atomic E-state index is 12.6. The molecule has 1 amide bonds. The average Bonchev–Trinajstić information content (AvgIpc) is 2.58. The highest BCUT2D eigenvalue weighted by atomic mass is 32.1. The van der Waals surface area contributed by atoms with Gasteiger partial charge in [0.05, 0.1) is 5.56 Å². The number of nitrogens with one attached hydrogen (secondary N) is 3. The van der Waals surface area contributed by atoms with E-state index in [1.165, 1.54) is 6.07 Å². The molecule has 0 atom stereocenters. The number of alkyl halides is 3. The lowest BCUT2D eigenvalue weighted by Crippen LogP contribution is -2.54. The highest BCUT2D eigenvalue weighted by molar-refractivity contribution is 7.80. The van der Waals surface area contributed by atoms with Gasteiger partial charge in [-0.1, -0.05) is 0 Å². The maximum Gasteiger partial charge on any atom is 0.417 e. The van der Waals surface area contributed by atoms with Crippen molar-refractivity contribution < 1.29 is 18.0 Å². The molecule has 0 saturated carbocycles. The van der Waals surface area contributed by atoms with Gasteiger partial charge in [0, 0.05) is 30.7 Å². The standard InChI is InChI=1S/C17H24F3N5OS/c1-16(2,3)22-15(27)24-23-14(26)11-6-8-25(9-7-11)13-5-4-12(10-21-13)17(18,19)20/h4-5,10-11H,6-9H2,1-3H3,(H,23,26)(H2,22,24,27). The van der Waals surface area contributed by atoms with Gasteiger partial charge in [-0.15, -0.1) is 0 Å². The Kier molecular flexibility index (Phi) is 6.50. The molecule has 1 aliphatic heterocycles. The topological polar surface area (TPSA) is 69.3 Å². The van der Waals surface area contributed by atoms with Crippen molar-refractivity contribution in [1.29, 1.82) is 0 Å². The molecule has 10 heteroatoms. The Morgan fingerprint density at radius 2 is 1.81 bits per heavy atom. The van der Waals surface area contributed by atoms with E-state index in [-0.39, 0.29) is 17.4 Å². The lowest BCUT2D eigenvalue weighted by molar-refractivity contribution is -0.137. The Labute approximate surface area is 161 Å². The van der Waals surface area contributed by atoms with Gasteiger partial charge in [-0.2, -0.15) is 13.2 Å². The minimum atomic E-state index is -4.40. The number of pyridine rings is 1. The van der Waals surface area contributed by atoms with Crippen molar-refractivity contribution in [2.45, 2.75) is 45.3 Å². The zero-order valence-corrected chi connectivity index (χ0v) is 16.3. The Balaban J connectivity index is 1.81. The number of carbonyl (C=O) groups excluding carboxylic acids is 1. The number of rotatable bonds is 2. The molecule has 3 N–H and O–H groups in total. The third-order valence-electron chi connectivity index (χ3n) is 4.05. The van der Waals surface area contributed by atoms with E-state index in [1.807, 2.05) is 25.7 Å². The summed E-state index contributed by atoms with van der Waals surface area (Å²) in [7, 11) is 0. The highest BCUT2D eigenvalue weighted by Crippen LogP contribution is 2.30. The molecule has 27 heavy (non-hydrogen) atoms. The predicted octanol–water partition coefficient (Wildman–Crippen LogP) is 2.61. The summed E-state index contributed by atoms with van der Waals surface area (Å²) in [6, 6.07) is 2.38. The van der Waals surface area contributed by atoms with Crippen LogP contribution < -0.4 is 21.1 Å². The van der Waals surface area contributed by atoms with Crippen LogP contribution in [-0.2, 0) is 11.0 Å². The molecule has 0 aromatic carbocycles. The van der Waals surface area contributed by atoms with Crippen LogP contribution in [0.25, 0.3) is 0 Å². The van der Waals surface area contributed by atoms with Crippen molar-refractivity contribution in [2.75, 3.05) is 18.0 Å². The Morgan fingerprint density at radius 3 is 2.30 bits per heavy atom. The van der Waals surface area contributed by atoms with E-state index < -0.39 is 11.7 Å². The van der Waals surface area contributed by atoms with Gasteiger partial charge < -0.3 is 10.2 Å². The molecular weight excluding hydrogens is 379 g/mol. The van der Waals surface area contributed by atoms with E-state index in [0.717, 1.165) is 12.3 Å². The minimum absolute atomic E-state index is 0.159. The summed E-state index contributed by atoms with van der Waals surface area (Å²) in [5, 5.41) is 3.37. The van der Waals surface area contributed by atoms with Crippen LogP contribution >= 0.6 is 12.2 Å². The van der Waals surface area contributed by atoms with Gasteiger partial charge in [0.1, 0.15) is 5.82 Å². The summed E-state index contributed by atoms with van der Waals surface area (Å²) in [4.78, 5) is 18.0. The lowest BCUT2D eigenvalue weighted by Gasteiger charge is -2.32. The zero-order chi connectivity index (χ0) is 20.2. The summed E-state index contributed by atoms with van der Waals surface area (Å²) < 4.78 is 37.8. The molecular formula is C17H24F3N5OS. The van der Waals surface area contributed by atoms with E-state index in [2.05, 4.69) is 21.2 Å². The molecule has 0 aliphatic carbocycles. The third-order valence-corrected chi connectivity index (χ3v) is 4.26. The maximum absolute atomic E-state index is 12.6. The number of anilines is 1. The lowest BCUT2D eigenvalue weighted by atomic mass is 9.96. The third kappa shape index (κ3) is 6.53. The number of hydrogen-bond donors (Lipinski definition) is 3. The summed E-state index contributed by atoms with van der Waals surface area (Å²) in [5.74, 6) is 0.129. The number of thiocarbonyl (C=S) groups is 1. The van der Waals surface area contributed by atoms with Crippen LogP contribution in [0.1, 0.15) is 39.2 Å². The van der Waals surface area contributed by atoms with Crippen molar-refractivity contribution in [1.82, 2.24) is 21.2 Å². The number of amides is 1. The first kappa shape index (κ1) is 21.2. The molecule has 0 unspecified atom stereocenters. The SMILES string of the molecule is CC(C)(C)NC(=S)NNC(=O)C1CCN(c2ccc(C(F)(F)F)cn2)CC1. The number of hydrazine groups is 1. The van der Waals surface area contributed by atoms with E-state index in [0.29, 0.717) is 36.9 Å². The first-order valence-corrected chi connectivity index (χ1v) is 9.03. The van der Waals surface area contributed by atoms with Crippen molar-refractivity contribution in [3.8, 4) is 0 Å². The largest absolute Gasteiger partial charge is 0.417 e. The van der Waals surface area contributed by atoms with Gasteiger partial charge in [0.2, 0.25) is 5.91 Å². The van der Waals surface area contributed by atoms with Crippen LogP contribution in [0, 0.1) is 5.92 Å². The number of hydrogen-bond acceptors (Lipinski definition) is 4. The molecule has 0 radical (unpaired) electrons. The predicted molar refractivity (Wildman–Crippen MR) is 101 cm³/mol. The van der Waals surface area contributed by atoms with E-state index in [1.54, 1.807) is 0 Å². The van der Waals surface area contributed by atoms with Gasteiger partial charge >= 0.3 is 6.18 Å². The Morgan fingerprint density at radius 1 is 1.19 bits per heavy atom. The molecule has 0 bridgehead atoms. The fourth-order valence-electron chi connectivity index (χ4n) is 2.70. The molecule has 1 saturated heterocycles. The van der Waals surface area contributed by atoms with Crippen LogP contribution in [0.3, 0.4) is 0 Å². The highest BCUT2D eigenvalue weighted by Gasteiger charge is 2.31.